The standard InChI is InChI=1S/C15H22ClN5O4/c1-3-5-20-10-11(16)18-14(17)19-12(10)21(15(20)24)13-8(23)6-9(25-13)7(22)4-2/h7-9,13,22-23H,3-6H2,1-2H3,(H2,17,18,19)/t7?,8-,9+,13-/m1/s1. The molecule has 3 heterocycles. The van der Waals surface area contributed by atoms with Crippen LogP contribution in [0.3, 0.4) is 0 Å². The lowest BCUT2D eigenvalue weighted by molar-refractivity contribution is -0.0760. The van der Waals surface area contributed by atoms with Gasteiger partial charge >= 0.3 is 5.69 Å². The molecule has 9 nitrogen and oxygen atoms in total. The highest BCUT2D eigenvalue weighted by molar-refractivity contribution is 6.33. The van der Waals surface area contributed by atoms with E-state index in [2.05, 4.69) is 9.97 Å². The number of nitrogens with zero attached hydrogens (tertiary/aromatic N) is 4. The van der Waals surface area contributed by atoms with E-state index in [4.69, 9.17) is 22.1 Å². The second-order valence-corrected chi connectivity index (χ2v) is 6.55. The number of aromatic nitrogens is 4. The summed E-state index contributed by atoms with van der Waals surface area (Å²) in [6.45, 7) is 4.16. The first kappa shape index (κ1) is 18.1. The van der Waals surface area contributed by atoms with Crippen LogP contribution in [0.1, 0.15) is 39.3 Å². The lowest BCUT2D eigenvalue weighted by Crippen LogP contribution is -2.32. The first-order valence-electron chi connectivity index (χ1n) is 8.34. The molecule has 1 fully saturated rings. The van der Waals surface area contributed by atoms with Gasteiger partial charge in [-0.25, -0.2) is 9.36 Å². The van der Waals surface area contributed by atoms with Crippen LogP contribution in [-0.2, 0) is 11.3 Å². The van der Waals surface area contributed by atoms with Gasteiger partial charge in [-0.05, 0) is 12.8 Å². The molecule has 0 amide bonds. The van der Waals surface area contributed by atoms with Gasteiger partial charge in [-0.3, -0.25) is 4.57 Å². The van der Waals surface area contributed by atoms with Crippen LogP contribution in [-0.4, -0.2) is 47.6 Å². The Kier molecular flexibility index (Phi) is 5.01. The van der Waals surface area contributed by atoms with Crippen LogP contribution in [0.15, 0.2) is 4.79 Å². The predicted octanol–water partition coefficient (Wildman–Crippen LogP) is 0.658. The third kappa shape index (κ3) is 3.01. The summed E-state index contributed by atoms with van der Waals surface area (Å²) in [6.07, 6.45) is -1.80. The van der Waals surface area contributed by atoms with Crippen molar-refractivity contribution in [3.05, 3.63) is 15.6 Å². The molecule has 1 unspecified atom stereocenters. The second-order valence-electron chi connectivity index (χ2n) is 6.19. The molecule has 3 rings (SSSR count). The summed E-state index contributed by atoms with van der Waals surface area (Å²) in [7, 11) is 0. The molecule has 4 N–H and O–H groups in total. The SMILES string of the molecule is CCCn1c(=O)n([C@@H]2O[C@H](C(O)CC)C[C@H]2O)c2nc(N)nc(Cl)c21. The summed E-state index contributed by atoms with van der Waals surface area (Å²) < 4.78 is 8.48. The number of anilines is 1. The van der Waals surface area contributed by atoms with Gasteiger partial charge in [0, 0.05) is 13.0 Å². The number of hydrogen-bond donors (Lipinski definition) is 3. The molecule has 0 saturated carbocycles. The highest BCUT2D eigenvalue weighted by atomic mass is 35.5. The number of aliphatic hydroxyl groups is 2. The number of aryl methyl sites for hydroxylation is 1. The van der Waals surface area contributed by atoms with E-state index < -0.39 is 30.2 Å². The number of nitrogen functional groups attached to an aromatic ring is 1. The normalized spacial score (nSPS) is 24.9. The smallest absolute Gasteiger partial charge is 0.332 e. The van der Waals surface area contributed by atoms with Crippen molar-refractivity contribution < 1.29 is 14.9 Å². The predicted molar refractivity (Wildman–Crippen MR) is 92.3 cm³/mol. The van der Waals surface area contributed by atoms with Crippen LogP contribution < -0.4 is 11.4 Å². The highest BCUT2D eigenvalue weighted by Gasteiger charge is 2.40. The number of imidazole rings is 1. The van der Waals surface area contributed by atoms with Gasteiger partial charge in [-0.1, -0.05) is 25.4 Å². The first-order chi connectivity index (χ1) is 11.9. The topological polar surface area (TPSA) is 128 Å². The Morgan fingerprint density at radius 2 is 2.16 bits per heavy atom. The summed E-state index contributed by atoms with van der Waals surface area (Å²) in [5, 5.41) is 20.5. The van der Waals surface area contributed by atoms with Crippen LogP contribution in [0.4, 0.5) is 5.95 Å². The van der Waals surface area contributed by atoms with Crippen molar-refractivity contribution in [2.75, 3.05) is 5.73 Å². The van der Waals surface area contributed by atoms with E-state index in [1.807, 2.05) is 13.8 Å². The molecule has 10 heteroatoms. The zero-order valence-corrected chi connectivity index (χ0v) is 14.8. The van der Waals surface area contributed by atoms with Gasteiger partial charge in [-0.15, -0.1) is 0 Å². The average molecular weight is 372 g/mol. The average Bonchev–Trinajstić information content (AvgIpc) is 3.05. The fourth-order valence-corrected chi connectivity index (χ4v) is 3.51. The van der Waals surface area contributed by atoms with Crippen molar-refractivity contribution >= 4 is 28.7 Å². The molecule has 1 saturated heterocycles. The summed E-state index contributed by atoms with van der Waals surface area (Å²) in [4.78, 5) is 21.0. The zero-order chi connectivity index (χ0) is 18.3. The lowest BCUT2D eigenvalue weighted by Gasteiger charge is -2.18. The van der Waals surface area contributed by atoms with Gasteiger partial charge in [0.1, 0.15) is 11.6 Å². The molecule has 0 radical (unpaired) electrons. The van der Waals surface area contributed by atoms with Gasteiger partial charge in [0.15, 0.2) is 17.0 Å². The number of halogens is 1. The number of ether oxygens (including phenoxy) is 1. The summed E-state index contributed by atoms with van der Waals surface area (Å²) in [6, 6.07) is 0. The van der Waals surface area contributed by atoms with E-state index in [1.165, 1.54) is 9.13 Å². The lowest BCUT2D eigenvalue weighted by atomic mass is 10.1. The largest absolute Gasteiger partial charge is 0.390 e. The summed E-state index contributed by atoms with van der Waals surface area (Å²) in [5.74, 6) is -0.0717. The fourth-order valence-electron chi connectivity index (χ4n) is 3.23. The maximum Gasteiger partial charge on any atom is 0.332 e. The summed E-state index contributed by atoms with van der Waals surface area (Å²) in [5.41, 5.74) is 5.85. The maximum atomic E-state index is 12.9. The molecule has 4 atom stereocenters. The van der Waals surface area contributed by atoms with E-state index in [-0.39, 0.29) is 23.2 Å². The van der Waals surface area contributed by atoms with E-state index in [9.17, 15) is 15.0 Å². The Balaban J connectivity index is 2.16. The van der Waals surface area contributed by atoms with Gasteiger partial charge < -0.3 is 20.7 Å². The van der Waals surface area contributed by atoms with E-state index in [1.54, 1.807) is 0 Å². The van der Waals surface area contributed by atoms with Crippen molar-refractivity contribution in [3.63, 3.8) is 0 Å². The molecule has 2 aromatic heterocycles. The first-order valence-corrected chi connectivity index (χ1v) is 8.72. The van der Waals surface area contributed by atoms with Crippen molar-refractivity contribution in [1.29, 1.82) is 0 Å². The molecule has 2 aromatic rings. The zero-order valence-electron chi connectivity index (χ0n) is 14.1. The van der Waals surface area contributed by atoms with E-state index in [0.29, 0.717) is 24.9 Å². The van der Waals surface area contributed by atoms with Gasteiger partial charge in [0.25, 0.3) is 0 Å². The monoisotopic (exact) mass is 371 g/mol. The minimum atomic E-state index is -0.968. The molecule has 25 heavy (non-hydrogen) atoms. The molecule has 0 aliphatic carbocycles. The number of rotatable bonds is 5. The number of aliphatic hydroxyl groups excluding tert-OH is 2. The molecule has 1 aliphatic rings. The van der Waals surface area contributed by atoms with Crippen LogP contribution in [0, 0.1) is 0 Å². The highest BCUT2D eigenvalue weighted by Crippen LogP contribution is 2.33. The van der Waals surface area contributed by atoms with Crippen molar-refractivity contribution in [2.24, 2.45) is 0 Å². The van der Waals surface area contributed by atoms with Crippen molar-refractivity contribution in [1.82, 2.24) is 19.1 Å². The number of fused-ring (bicyclic) bond motifs is 1. The Labute approximate surface area is 149 Å². The van der Waals surface area contributed by atoms with E-state index >= 15 is 0 Å². The van der Waals surface area contributed by atoms with Crippen LogP contribution in [0.2, 0.25) is 5.15 Å². The number of hydrogen-bond acceptors (Lipinski definition) is 7. The Bertz CT molecular complexity index is 835. The third-order valence-electron chi connectivity index (χ3n) is 4.44. The Hall–Kier alpha value is -1.68. The van der Waals surface area contributed by atoms with Crippen molar-refractivity contribution in [3.8, 4) is 0 Å². The second kappa shape index (κ2) is 6.91. The number of nitrogens with two attached hydrogens (primary N) is 1. The van der Waals surface area contributed by atoms with E-state index in [0.717, 1.165) is 0 Å². The maximum absolute atomic E-state index is 12.9. The Morgan fingerprint density at radius 3 is 2.80 bits per heavy atom. The van der Waals surface area contributed by atoms with Crippen molar-refractivity contribution in [2.45, 2.75) is 64.2 Å². The van der Waals surface area contributed by atoms with Crippen LogP contribution in [0.25, 0.3) is 11.2 Å². The minimum absolute atomic E-state index is 0.0717. The van der Waals surface area contributed by atoms with Crippen LogP contribution in [0.5, 0.6) is 0 Å². The van der Waals surface area contributed by atoms with Gasteiger partial charge in [-0.2, -0.15) is 9.97 Å². The molecule has 0 aromatic carbocycles. The fraction of sp³-hybridized carbons (Fsp3) is 0.667. The molecular weight excluding hydrogens is 350 g/mol. The molecule has 1 aliphatic heterocycles. The minimum Gasteiger partial charge on any atom is -0.390 e. The molecule has 0 spiro atoms. The van der Waals surface area contributed by atoms with Crippen LogP contribution >= 0.6 is 11.6 Å². The molecular formula is C15H22ClN5O4. The van der Waals surface area contributed by atoms with Gasteiger partial charge in [0.2, 0.25) is 5.95 Å². The Morgan fingerprint density at radius 1 is 1.44 bits per heavy atom. The quantitative estimate of drug-likeness (QED) is 0.658. The van der Waals surface area contributed by atoms with Gasteiger partial charge in [0.05, 0.1) is 12.2 Å². The molecule has 0 bridgehead atoms. The third-order valence-corrected chi connectivity index (χ3v) is 4.71. The summed E-state index contributed by atoms with van der Waals surface area (Å²) >= 11 is 6.19. The molecule has 138 valence electrons.